The quantitative estimate of drug-likeness (QED) is 0.627. The summed E-state index contributed by atoms with van der Waals surface area (Å²) in [5.74, 6) is 0. The van der Waals surface area contributed by atoms with E-state index >= 15 is 0 Å². The fourth-order valence-corrected chi connectivity index (χ4v) is 1.53. The minimum absolute atomic E-state index is 0.329. The maximum atomic E-state index is 10.9. The zero-order valence-electron chi connectivity index (χ0n) is 7.08. The SMILES string of the molecule is CS(=O)(=O)c1ncc(S(N)(=O)=O)cn1. The van der Waals surface area contributed by atoms with Crippen LogP contribution in [0.15, 0.2) is 22.4 Å². The molecule has 0 atom stereocenters. The Balaban J connectivity index is 3.28. The second-order valence-electron chi connectivity index (χ2n) is 2.52. The van der Waals surface area contributed by atoms with Gasteiger partial charge in [-0.3, -0.25) is 0 Å². The lowest BCUT2D eigenvalue weighted by Gasteiger charge is -1.98. The molecule has 1 aromatic heterocycles. The van der Waals surface area contributed by atoms with Crippen LogP contribution < -0.4 is 5.14 Å². The Hall–Kier alpha value is -1.06. The minimum Gasteiger partial charge on any atom is -0.225 e. The topological polar surface area (TPSA) is 120 Å². The van der Waals surface area contributed by atoms with Crippen LogP contribution in [0, 0.1) is 0 Å². The molecule has 0 aliphatic rings. The number of primary sulfonamides is 1. The fraction of sp³-hybridized carbons (Fsp3) is 0.200. The molecule has 0 fully saturated rings. The molecule has 1 rings (SSSR count). The number of nitrogens with zero attached hydrogens (tertiary/aromatic N) is 2. The minimum atomic E-state index is -3.88. The molecule has 0 spiro atoms. The number of hydrogen-bond acceptors (Lipinski definition) is 6. The molecule has 1 aromatic rings. The first kappa shape index (κ1) is 11.0. The van der Waals surface area contributed by atoms with Crippen molar-refractivity contribution < 1.29 is 16.8 Å². The van der Waals surface area contributed by atoms with Gasteiger partial charge < -0.3 is 0 Å². The second kappa shape index (κ2) is 3.26. The van der Waals surface area contributed by atoms with Gasteiger partial charge >= 0.3 is 0 Å². The molecule has 2 N–H and O–H groups in total. The largest absolute Gasteiger partial charge is 0.246 e. The molecule has 0 aliphatic carbocycles. The Kier molecular flexibility index (Phi) is 2.56. The molecule has 0 radical (unpaired) electrons. The molecule has 0 bridgehead atoms. The molecular formula is C5H7N3O4S2. The molecule has 14 heavy (non-hydrogen) atoms. The number of sulfone groups is 1. The van der Waals surface area contributed by atoms with Gasteiger partial charge in [-0.2, -0.15) is 0 Å². The molecule has 0 saturated heterocycles. The van der Waals surface area contributed by atoms with Crippen LogP contribution in [0.25, 0.3) is 0 Å². The van der Waals surface area contributed by atoms with Crippen LogP contribution >= 0.6 is 0 Å². The molecule has 78 valence electrons. The summed E-state index contributed by atoms with van der Waals surface area (Å²) in [5, 5.41) is 4.32. The summed E-state index contributed by atoms with van der Waals surface area (Å²) in [5.41, 5.74) is 0. The Morgan fingerprint density at radius 1 is 1.14 bits per heavy atom. The monoisotopic (exact) mass is 237 g/mol. The van der Waals surface area contributed by atoms with E-state index in [9.17, 15) is 16.8 Å². The normalized spacial score (nSPS) is 12.7. The van der Waals surface area contributed by atoms with E-state index in [4.69, 9.17) is 5.14 Å². The van der Waals surface area contributed by atoms with Crippen molar-refractivity contribution in [3.63, 3.8) is 0 Å². The van der Waals surface area contributed by atoms with E-state index in [1.165, 1.54) is 0 Å². The number of hydrogen-bond donors (Lipinski definition) is 1. The lowest BCUT2D eigenvalue weighted by Crippen LogP contribution is -2.14. The van der Waals surface area contributed by atoms with Gasteiger partial charge in [0.05, 0.1) is 12.4 Å². The van der Waals surface area contributed by atoms with Crippen LogP contribution in [-0.4, -0.2) is 33.1 Å². The molecule has 9 heteroatoms. The van der Waals surface area contributed by atoms with Crippen molar-refractivity contribution in [2.45, 2.75) is 10.1 Å². The predicted molar refractivity (Wildman–Crippen MR) is 46.5 cm³/mol. The number of aromatic nitrogens is 2. The summed E-state index contributed by atoms with van der Waals surface area (Å²) in [6.45, 7) is 0. The Labute approximate surface area is 81.0 Å². The summed E-state index contributed by atoms with van der Waals surface area (Å²) in [6, 6.07) is 0. The van der Waals surface area contributed by atoms with E-state index in [2.05, 4.69) is 9.97 Å². The van der Waals surface area contributed by atoms with E-state index in [0.717, 1.165) is 18.6 Å². The summed E-state index contributed by atoms with van der Waals surface area (Å²) >= 11 is 0. The van der Waals surface area contributed by atoms with Gasteiger partial charge in [0.15, 0.2) is 0 Å². The molecule has 0 amide bonds. The third kappa shape index (κ3) is 2.47. The zero-order valence-corrected chi connectivity index (χ0v) is 8.71. The molecule has 1 heterocycles. The Bertz CT molecular complexity index is 480. The lowest BCUT2D eigenvalue weighted by atomic mass is 10.7. The average Bonchev–Trinajstić information content (AvgIpc) is 2.01. The summed E-state index contributed by atoms with van der Waals surface area (Å²) in [7, 11) is -7.41. The Morgan fingerprint density at radius 2 is 1.57 bits per heavy atom. The van der Waals surface area contributed by atoms with Crippen LogP contribution in [-0.2, 0) is 19.9 Å². The van der Waals surface area contributed by atoms with Crippen molar-refractivity contribution in [3.05, 3.63) is 12.4 Å². The van der Waals surface area contributed by atoms with E-state index in [0.29, 0.717) is 0 Å². The van der Waals surface area contributed by atoms with Crippen LogP contribution in [0.1, 0.15) is 0 Å². The van der Waals surface area contributed by atoms with Gasteiger partial charge in [0.25, 0.3) is 0 Å². The fourth-order valence-electron chi connectivity index (χ4n) is 0.643. The molecule has 0 aromatic carbocycles. The van der Waals surface area contributed by atoms with E-state index < -0.39 is 25.0 Å². The van der Waals surface area contributed by atoms with Crippen molar-refractivity contribution in [3.8, 4) is 0 Å². The maximum Gasteiger partial charge on any atom is 0.246 e. The lowest BCUT2D eigenvalue weighted by molar-refractivity contribution is 0.586. The highest BCUT2D eigenvalue weighted by Gasteiger charge is 2.13. The number of sulfonamides is 1. The van der Waals surface area contributed by atoms with Crippen molar-refractivity contribution in [2.24, 2.45) is 5.14 Å². The third-order valence-electron chi connectivity index (χ3n) is 1.26. The van der Waals surface area contributed by atoms with Gasteiger partial charge in [-0.15, -0.1) is 0 Å². The summed E-state index contributed by atoms with van der Waals surface area (Å²) in [6.07, 6.45) is 2.61. The number of nitrogens with two attached hydrogens (primary N) is 1. The smallest absolute Gasteiger partial charge is 0.225 e. The van der Waals surface area contributed by atoms with Crippen LogP contribution in [0.2, 0.25) is 0 Å². The van der Waals surface area contributed by atoms with Crippen LogP contribution in [0.4, 0.5) is 0 Å². The first-order valence-corrected chi connectivity index (χ1v) is 6.70. The standard InChI is InChI=1S/C5H7N3O4S2/c1-13(9,10)5-7-2-4(3-8-5)14(6,11)12/h2-3H,1H3,(H2,6,11,12). The first-order valence-electron chi connectivity index (χ1n) is 3.26. The van der Waals surface area contributed by atoms with E-state index in [-0.39, 0.29) is 4.90 Å². The van der Waals surface area contributed by atoms with Gasteiger partial charge in [-0.1, -0.05) is 0 Å². The predicted octanol–water partition coefficient (Wildman–Crippen LogP) is -1.47. The zero-order chi connectivity index (χ0) is 11.0. The van der Waals surface area contributed by atoms with E-state index in [1.807, 2.05) is 0 Å². The van der Waals surface area contributed by atoms with Gasteiger partial charge in [0, 0.05) is 6.26 Å². The van der Waals surface area contributed by atoms with Crippen LogP contribution in [0.3, 0.4) is 0 Å². The summed E-state index contributed by atoms with van der Waals surface area (Å²) in [4.78, 5) is 6.39. The first-order chi connectivity index (χ1) is 6.21. The highest BCUT2D eigenvalue weighted by molar-refractivity contribution is 7.90. The molecule has 0 unspecified atom stereocenters. The van der Waals surface area contributed by atoms with E-state index in [1.54, 1.807) is 0 Å². The van der Waals surface area contributed by atoms with Crippen LogP contribution in [0.5, 0.6) is 0 Å². The van der Waals surface area contributed by atoms with Crippen molar-refractivity contribution in [1.82, 2.24) is 9.97 Å². The molecule has 7 nitrogen and oxygen atoms in total. The highest BCUT2D eigenvalue weighted by atomic mass is 32.2. The molecule has 0 saturated carbocycles. The highest BCUT2D eigenvalue weighted by Crippen LogP contribution is 2.05. The maximum absolute atomic E-state index is 10.9. The summed E-state index contributed by atoms with van der Waals surface area (Å²) < 4.78 is 43.3. The third-order valence-corrected chi connectivity index (χ3v) is 3.01. The average molecular weight is 237 g/mol. The van der Waals surface area contributed by atoms with Gasteiger partial charge in [-0.05, 0) is 0 Å². The molecule has 0 aliphatic heterocycles. The van der Waals surface area contributed by atoms with Crippen molar-refractivity contribution in [2.75, 3.05) is 6.26 Å². The van der Waals surface area contributed by atoms with Crippen molar-refractivity contribution >= 4 is 19.9 Å². The molecular weight excluding hydrogens is 230 g/mol. The van der Waals surface area contributed by atoms with Gasteiger partial charge in [0.1, 0.15) is 4.90 Å². The second-order valence-corrected chi connectivity index (χ2v) is 5.99. The number of rotatable bonds is 2. The van der Waals surface area contributed by atoms with Gasteiger partial charge in [0.2, 0.25) is 25.0 Å². The van der Waals surface area contributed by atoms with Crippen molar-refractivity contribution in [1.29, 1.82) is 0 Å². The Morgan fingerprint density at radius 3 is 1.86 bits per heavy atom. The van der Waals surface area contributed by atoms with Gasteiger partial charge in [-0.25, -0.2) is 31.9 Å².